The highest BCUT2D eigenvalue weighted by Gasteiger charge is 2.23. The van der Waals surface area contributed by atoms with Gasteiger partial charge in [-0.05, 0) is 37.1 Å². The van der Waals surface area contributed by atoms with Gasteiger partial charge in [-0.15, -0.1) is 0 Å². The maximum Gasteiger partial charge on any atom is 0.253 e. The Morgan fingerprint density at radius 2 is 1.86 bits per heavy atom. The van der Waals surface area contributed by atoms with E-state index in [0.717, 1.165) is 25.1 Å². The van der Waals surface area contributed by atoms with Crippen molar-refractivity contribution >= 4 is 11.8 Å². The van der Waals surface area contributed by atoms with Crippen molar-refractivity contribution < 1.29 is 9.59 Å². The minimum Gasteiger partial charge on any atom is -0.353 e. The van der Waals surface area contributed by atoms with E-state index in [1.165, 1.54) is 0 Å². The third-order valence-corrected chi connectivity index (χ3v) is 5.15. The second kappa shape index (κ2) is 9.50. The van der Waals surface area contributed by atoms with Gasteiger partial charge in [0.05, 0.1) is 13.1 Å². The summed E-state index contributed by atoms with van der Waals surface area (Å²) in [5.74, 6) is 0.108. The number of piperazine rings is 1. The number of nitrogens with one attached hydrogen (secondary N) is 1. The van der Waals surface area contributed by atoms with E-state index in [-0.39, 0.29) is 17.9 Å². The van der Waals surface area contributed by atoms with Crippen molar-refractivity contribution in [2.45, 2.75) is 32.9 Å². The van der Waals surface area contributed by atoms with E-state index in [1.807, 2.05) is 53.0 Å². The molecular weight excluding hydrogens is 354 g/mol. The van der Waals surface area contributed by atoms with E-state index in [0.29, 0.717) is 31.7 Å². The van der Waals surface area contributed by atoms with Crippen molar-refractivity contribution in [3.8, 4) is 0 Å². The lowest BCUT2D eigenvalue weighted by Crippen LogP contribution is -2.51. The van der Waals surface area contributed by atoms with Gasteiger partial charge in [-0.25, -0.2) is 0 Å². The molecule has 2 amide bonds. The van der Waals surface area contributed by atoms with Gasteiger partial charge >= 0.3 is 0 Å². The Hall–Kier alpha value is -2.67. The Morgan fingerprint density at radius 3 is 2.46 bits per heavy atom. The zero-order valence-corrected chi connectivity index (χ0v) is 16.7. The van der Waals surface area contributed by atoms with Crippen LogP contribution in [0.4, 0.5) is 0 Å². The number of amides is 2. The first kappa shape index (κ1) is 20.1. The lowest BCUT2D eigenvalue weighted by Gasteiger charge is -2.34. The normalized spacial score (nSPS) is 16.0. The average Bonchev–Trinajstić information content (AvgIpc) is 3.21. The van der Waals surface area contributed by atoms with Crippen LogP contribution in [0.3, 0.4) is 0 Å². The van der Waals surface area contributed by atoms with E-state index in [9.17, 15) is 9.59 Å². The molecule has 0 radical (unpaired) electrons. The fourth-order valence-electron chi connectivity index (χ4n) is 3.25. The van der Waals surface area contributed by atoms with Gasteiger partial charge in [-0.2, -0.15) is 5.10 Å². The summed E-state index contributed by atoms with van der Waals surface area (Å²) in [6.07, 6.45) is 4.60. The van der Waals surface area contributed by atoms with Crippen molar-refractivity contribution in [3.05, 3.63) is 53.9 Å². The molecule has 0 aliphatic carbocycles. The SMILES string of the molecule is CCC(C)NC(=O)CN1CCN(C(=O)c2ccc(Cn3cccn3)cc2)CC1. The van der Waals surface area contributed by atoms with Crippen molar-refractivity contribution in [2.24, 2.45) is 0 Å². The number of hydrogen-bond donors (Lipinski definition) is 1. The van der Waals surface area contributed by atoms with Crippen LogP contribution in [-0.2, 0) is 11.3 Å². The maximum atomic E-state index is 12.8. The van der Waals surface area contributed by atoms with Crippen LogP contribution in [0.2, 0.25) is 0 Å². The van der Waals surface area contributed by atoms with Crippen LogP contribution in [0, 0.1) is 0 Å². The summed E-state index contributed by atoms with van der Waals surface area (Å²) in [7, 11) is 0. The molecule has 28 heavy (non-hydrogen) atoms. The van der Waals surface area contributed by atoms with Gasteiger partial charge in [-0.3, -0.25) is 19.2 Å². The number of benzene rings is 1. The molecule has 1 aliphatic heterocycles. The zero-order valence-electron chi connectivity index (χ0n) is 16.7. The van der Waals surface area contributed by atoms with E-state index in [1.54, 1.807) is 6.20 Å². The minimum absolute atomic E-state index is 0.0503. The Labute approximate surface area is 166 Å². The quantitative estimate of drug-likeness (QED) is 0.789. The van der Waals surface area contributed by atoms with Crippen LogP contribution in [0.25, 0.3) is 0 Å². The fourth-order valence-corrected chi connectivity index (χ4v) is 3.25. The Bertz CT molecular complexity index is 765. The molecule has 1 aromatic heterocycles. The fraction of sp³-hybridized carbons (Fsp3) is 0.476. The van der Waals surface area contributed by atoms with Crippen LogP contribution in [0.1, 0.15) is 36.2 Å². The van der Waals surface area contributed by atoms with Gasteiger partial charge in [0.15, 0.2) is 0 Å². The number of carbonyl (C=O) groups excluding carboxylic acids is 2. The molecule has 3 rings (SSSR count). The molecule has 2 aromatic rings. The smallest absolute Gasteiger partial charge is 0.253 e. The number of hydrogen-bond acceptors (Lipinski definition) is 4. The molecule has 1 fully saturated rings. The summed E-state index contributed by atoms with van der Waals surface area (Å²) in [5.41, 5.74) is 1.81. The first-order valence-corrected chi connectivity index (χ1v) is 9.92. The summed E-state index contributed by atoms with van der Waals surface area (Å²) < 4.78 is 1.85. The van der Waals surface area contributed by atoms with Crippen LogP contribution < -0.4 is 5.32 Å². The molecule has 1 aromatic carbocycles. The van der Waals surface area contributed by atoms with Gasteiger partial charge in [0, 0.05) is 50.2 Å². The van der Waals surface area contributed by atoms with Crippen LogP contribution in [-0.4, -0.2) is 70.2 Å². The van der Waals surface area contributed by atoms with E-state index in [2.05, 4.69) is 22.2 Å². The van der Waals surface area contributed by atoms with Crippen molar-refractivity contribution in [3.63, 3.8) is 0 Å². The Balaban J connectivity index is 1.47. The molecule has 0 saturated carbocycles. The lowest BCUT2D eigenvalue weighted by atomic mass is 10.1. The van der Waals surface area contributed by atoms with Gasteiger partial charge in [0.2, 0.25) is 5.91 Å². The molecule has 7 nitrogen and oxygen atoms in total. The number of nitrogens with zero attached hydrogens (tertiary/aromatic N) is 4. The van der Waals surface area contributed by atoms with Gasteiger partial charge in [0.25, 0.3) is 5.91 Å². The molecule has 7 heteroatoms. The highest BCUT2D eigenvalue weighted by atomic mass is 16.2. The molecule has 150 valence electrons. The molecule has 0 spiro atoms. The number of carbonyl (C=O) groups is 2. The molecule has 1 saturated heterocycles. The molecule has 2 heterocycles. The first-order chi connectivity index (χ1) is 13.5. The summed E-state index contributed by atoms with van der Waals surface area (Å²) in [6, 6.07) is 9.81. The Kier molecular flexibility index (Phi) is 6.81. The summed E-state index contributed by atoms with van der Waals surface area (Å²) in [4.78, 5) is 28.7. The highest BCUT2D eigenvalue weighted by molar-refractivity contribution is 5.94. The number of rotatable bonds is 7. The predicted molar refractivity (Wildman–Crippen MR) is 108 cm³/mol. The summed E-state index contributed by atoms with van der Waals surface area (Å²) >= 11 is 0. The molecule has 1 atom stereocenters. The third-order valence-electron chi connectivity index (χ3n) is 5.15. The monoisotopic (exact) mass is 383 g/mol. The zero-order chi connectivity index (χ0) is 19.9. The topological polar surface area (TPSA) is 70.5 Å². The second-order valence-corrected chi connectivity index (χ2v) is 7.35. The molecule has 0 bridgehead atoms. The van der Waals surface area contributed by atoms with Gasteiger partial charge < -0.3 is 10.2 Å². The van der Waals surface area contributed by atoms with Crippen molar-refractivity contribution in [1.82, 2.24) is 24.9 Å². The van der Waals surface area contributed by atoms with Crippen LogP contribution in [0.5, 0.6) is 0 Å². The van der Waals surface area contributed by atoms with Crippen molar-refractivity contribution in [2.75, 3.05) is 32.7 Å². The van der Waals surface area contributed by atoms with Crippen LogP contribution in [0.15, 0.2) is 42.7 Å². The van der Waals surface area contributed by atoms with E-state index >= 15 is 0 Å². The molecular formula is C21H29N5O2. The highest BCUT2D eigenvalue weighted by Crippen LogP contribution is 2.11. The maximum absolute atomic E-state index is 12.8. The average molecular weight is 383 g/mol. The largest absolute Gasteiger partial charge is 0.353 e. The van der Waals surface area contributed by atoms with E-state index < -0.39 is 0 Å². The third kappa shape index (κ3) is 5.42. The molecule has 1 aliphatic rings. The summed E-state index contributed by atoms with van der Waals surface area (Å²) in [6.45, 7) is 7.88. The van der Waals surface area contributed by atoms with Gasteiger partial charge in [-0.1, -0.05) is 19.1 Å². The minimum atomic E-state index is 0.0503. The Morgan fingerprint density at radius 1 is 1.14 bits per heavy atom. The lowest BCUT2D eigenvalue weighted by molar-refractivity contribution is -0.123. The van der Waals surface area contributed by atoms with E-state index in [4.69, 9.17) is 0 Å². The van der Waals surface area contributed by atoms with Gasteiger partial charge in [0.1, 0.15) is 0 Å². The number of aromatic nitrogens is 2. The summed E-state index contributed by atoms with van der Waals surface area (Å²) in [5, 5.41) is 7.19. The predicted octanol–water partition coefficient (Wildman–Crippen LogP) is 1.60. The molecule has 1 N–H and O–H groups in total. The standard InChI is InChI=1S/C21H29N5O2/c1-3-17(2)23-20(27)16-24-11-13-25(14-12-24)21(28)19-7-5-18(6-8-19)15-26-10-4-9-22-26/h4-10,17H,3,11-16H2,1-2H3,(H,23,27). The van der Waals surface area contributed by atoms with Crippen molar-refractivity contribution in [1.29, 1.82) is 0 Å². The second-order valence-electron chi connectivity index (χ2n) is 7.35. The molecule has 1 unspecified atom stereocenters. The first-order valence-electron chi connectivity index (χ1n) is 9.92. The van der Waals surface area contributed by atoms with Crippen LogP contribution >= 0.6 is 0 Å².